The van der Waals surface area contributed by atoms with Crippen molar-refractivity contribution in [2.24, 2.45) is 0 Å². The molecule has 1 aliphatic heterocycles. The van der Waals surface area contributed by atoms with E-state index in [2.05, 4.69) is 21.9 Å². The molecular weight excluding hydrogens is 414 g/mol. The first-order chi connectivity index (χ1) is 13.2. The van der Waals surface area contributed by atoms with E-state index in [-0.39, 0.29) is 43.2 Å². The standard InChI is InChI=1S/C22H27FN2O2.2ClH/c1-27-18-6-7-19-20(16-2-4-17(23)5-3-16)15-22(21(19)14-18)25-10-8-24(9-11-25)12-13-26;;/h2-7,14,20,22,26H,8-13,15H2,1H3;2*1H. The number of hydrogen-bond donors (Lipinski definition) is 1. The number of ether oxygens (including phenoxy) is 1. The smallest absolute Gasteiger partial charge is 0.123 e. The third-order valence-electron chi connectivity index (χ3n) is 6.02. The fourth-order valence-corrected chi connectivity index (χ4v) is 4.56. The second kappa shape index (κ2) is 10.6. The molecule has 2 aliphatic rings. The summed E-state index contributed by atoms with van der Waals surface area (Å²) in [5.41, 5.74) is 3.83. The van der Waals surface area contributed by atoms with E-state index in [4.69, 9.17) is 9.84 Å². The third-order valence-corrected chi connectivity index (χ3v) is 6.02. The predicted octanol–water partition coefficient (Wildman–Crippen LogP) is 3.86. The third kappa shape index (κ3) is 5.04. The molecule has 160 valence electrons. The predicted molar refractivity (Wildman–Crippen MR) is 118 cm³/mol. The van der Waals surface area contributed by atoms with Crippen molar-refractivity contribution in [3.8, 4) is 5.75 Å². The highest BCUT2D eigenvalue weighted by Crippen LogP contribution is 2.48. The van der Waals surface area contributed by atoms with Gasteiger partial charge < -0.3 is 9.84 Å². The van der Waals surface area contributed by atoms with Crippen LogP contribution in [0, 0.1) is 5.82 Å². The van der Waals surface area contributed by atoms with Gasteiger partial charge in [0.15, 0.2) is 0 Å². The molecule has 1 N–H and O–H groups in total. The van der Waals surface area contributed by atoms with E-state index in [0.717, 1.165) is 44.9 Å². The molecule has 0 radical (unpaired) electrons. The fraction of sp³-hybridized carbons (Fsp3) is 0.455. The van der Waals surface area contributed by atoms with Crippen LogP contribution < -0.4 is 4.74 Å². The van der Waals surface area contributed by atoms with Gasteiger partial charge in [0, 0.05) is 44.7 Å². The zero-order valence-electron chi connectivity index (χ0n) is 16.6. The number of benzene rings is 2. The monoisotopic (exact) mass is 442 g/mol. The highest BCUT2D eigenvalue weighted by Gasteiger charge is 2.36. The second-order valence-corrected chi connectivity index (χ2v) is 7.45. The van der Waals surface area contributed by atoms with Crippen LogP contribution >= 0.6 is 24.8 Å². The molecule has 1 fully saturated rings. The molecule has 4 rings (SSSR count). The van der Waals surface area contributed by atoms with Crippen molar-refractivity contribution in [1.29, 1.82) is 0 Å². The molecule has 1 heterocycles. The second-order valence-electron chi connectivity index (χ2n) is 7.45. The van der Waals surface area contributed by atoms with E-state index in [0.29, 0.717) is 6.04 Å². The van der Waals surface area contributed by atoms with E-state index in [1.165, 1.54) is 16.7 Å². The Morgan fingerprint density at radius 3 is 2.31 bits per heavy atom. The first-order valence-corrected chi connectivity index (χ1v) is 9.70. The first-order valence-electron chi connectivity index (χ1n) is 9.70. The molecule has 0 aromatic heterocycles. The lowest BCUT2D eigenvalue weighted by molar-refractivity contribution is 0.0827. The van der Waals surface area contributed by atoms with Crippen LogP contribution in [-0.2, 0) is 0 Å². The average molecular weight is 443 g/mol. The molecule has 2 unspecified atom stereocenters. The van der Waals surface area contributed by atoms with Crippen molar-refractivity contribution in [2.45, 2.75) is 18.4 Å². The maximum Gasteiger partial charge on any atom is 0.123 e. The van der Waals surface area contributed by atoms with Gasteiger partial charge in [-0.05, 0) is 47.4 Å². The first kappa shape index (κ1) is 23.9. The fourth-order valence-electron chi connectivity index (χ4n) is 4.56. The molecule has 0 amide bonds. The van der Waals surface area contributed by atoms with Crippen LogP contribution in [-0.4, -0.2) is 61.3 Å². The summed E-state index contributed by atoms with van der Waals surface area (Å²) in [4.78, 5) is 4.87. The van der Waals surface area contributed by atoms with E-state index < -0.39 is 0 Å². The van der Waals surface area contributed by atoms with Gasteiger partial charge in [0.05, 0.1) is 13.7 Å². The Balaban J connectivity index is 0.00000150. The van der Waals surface area contributed by atoms with E-state index >= 15 is 0 Å². The minimum atomic E-state index is -0.191. The molecule has 4 nitrogen and oxygen atoms in total. The molecule has 1 saturated heterocycles. The molecular formula is C22H29Cl2FN2O2. The molecule has 1 aliphatic carbocycles. The summed E-state index contributed by atoms with van der Waals surface area (Å²) in [6.07, 6.45) is 1.01. The van der Waals surface area contributed by atoms with E-state index in [9.17, 15) is 4.39 Å². The topological polar surface area (TPSA) is 35.9 Å². The molecule has 0 spiro atoms. The Morgan fingerprint density at radius 2 is 1.69 bits per heavy atom. The summed E-state index contributed by atoms with van der Waals surface area (Å²) < 4.78 is 18.9. The normalized spacial score (nSPS) is 21.8. The lowest BCUT2D eigenvalue weighted by Gasteiger charge is -2.38. The minimum Gasteiger partial charge on any atom is -0.497 e. The molecule has 2 aromatic rings. The van der Waals surface area contributed by atoms with Crippen molar-refractivity contribution in [3.05, 3.63) is 65.0 Å². The van der Waals surface area contributed by atoms with Crippen LogP contribution in [0.1, 0.15) is 35.1 Å². The number of hydrogen-bond acceptors (Lipinski definition) is 4. The van der Waals surface area contributed by atoms with Crippen LogP contribution in [0.2, 0.25) is 0 Å². The quantitative estimate of drug-likeness (QED) is 0.762. The summed E-state index contributed by atoms with van der Waals surface area (Å²) in [5.74, 6) is 0.979. The molecule has 0 bridgehead atoms. The number of β-amino-alcohol motifs (C(OH)–C–C–N with tert-alkyl or cyclic N) is 1. The van der Waals surface area contributed by atoms with E-state index in [1.807, 2.05) is 18.2 Å². The van der Waals surface area contributed by atoms with Gasteiger partial charge in [-0.2, -0.15) is 0 Å². The highest BCUT2D eigenvalue weighted by molar-refractivity contribution is 5.85. The molecule has 2 aromatic carbocycles. The lowest BCUT2D eigenvalue weighted by atomic mass is 9.93. The summed E-state index contributed by atoms with van der Waals surface area (Å²) in [6.45, 7) is 4.93. The average Bonchev–Trinajstić information content (AvgIpc) is 3.08. The zero-order valence-corrected chi connectivity index (χ0v) is 18.2. The van der Waals surface area contributed by atoms with Crippen molar-refractivity contribution in [1.82, 2.24) is 9.80 Å². The largest absolute Gasteiger partial charge is 0.497 e. The van der Waals surface area contributed by atoms with Crippen LogP contribution in [0.15, 0.2) is 42.5 Å². The number of fused-ring (bicyclic) bond motifs is 1. The van der Waals surface area contributed by atoms with Crippen molar-refractivity contribution >= 4 is 24.8 Å². The lowest BCUT2D eigenvalue weighted by Crippen LogP contribution is -2.48. The van der Waals surface area contributed by atoms with E-state index in [1.54, 1.807) is 19.2 Å². The minimum absolute atomic E-state index is 0. The van der Waals surface area contributed by atoms with Gasteiger partial charge >= 0.3 is 0 Å². The van der Waals surface area contributed by atoms with Gasteiger partial charge in [-0.15, -0.1) is 24.8 Å². The van der Waals surface area contributed by atoms with Crippen LogP contribution in [0.3, 0.4) is 0 Å². The van der Waals surface area contributed by atoms with Gasteiger partial charge in [-0.3, -0.25) is 9.80 Å². The number of methoxy groups -OCH3 is 1. The van der Waals surface area contributed by atoms with Crippen LogP contribution in [0.4, 0.5) is 4.39 Å². The van der Waals surface area contributed by atoms with Crippen molar-refractivity contribution < 1.29 is 14.2 Å². The summed E-state index contributed by atoms with van der Waals surface area (Å²) >= 11 is 0. The zero-order chi connectivity index (χ0) is 18.8. The summed E-state index contributed by atoms with van der Waals surface area (Å²) in [7, 11) is 1.71. The Bertz CT molecular complexity index is 783. The Labute approximate surface area is 184 Å². The number of aliphatic hydroxyl groups excluding tert-OH is 1. The number of rotatable bonds is 5. The SMILES string of the molecule is COc1ccc2c(c1)C(N1CCN(CCO)CC1)CC2c1ccc(F)cc1.Cl.Cl. The van der Waals surface area contributed by atoms with Gasteiger partial charge in [-0.1, -0.05) is 18.2 Å². The van der Waals surface area contributed by atoms with Crippen LogP contribution in [0.25, 0.3) is 0 Å². The van der Waals surface area contributed by atoms with Crippen molar-refractivity contribution in [3.63, 3.8) is 0 Å². The Hall–Kier alpha value is -1.37. The van der Waals surface area contributed by atoms with Gasteiger partial charge in [0.25, 0.3) is 0 Å². The number of piperazine rings is 1. The Morgan fingerprint density at radius 1 is 1.00 bits per heavy atom. The summed E-state index contributed by atoms with van der Waals surface area (Å²) in [5, 5.41) is 9.17. The molecule has 7 heteroatoms. The number of halogens is 3. The maximum atomic E-state index is 13.4. The highest BCUT2D eigenvalue weighted by atomic mass is 35.5. The Kier molecular flexibility index (Phi) is 8.73. The molecule has 29 heavy (non-hydrogen) atoms. The van der Waals surface area contributed by atoms with Crippen molar-refractivity contribution in [2.75, 3.05) is 46.4 Å². The summed E-state index contributed by atoms with van der Waals surface area (Å²) in [6, 6.07) is 13.6. The number of aliphatic hydroxyl groups is 1. The molecule has 0 saturated carbocycles. The van der Waals surface area contributed by atoms with Gasteiger partial charge in [0.1, 0.15) is 11.6 Å². The van der Waals surface area contributed by atoms with Gasteiger partial charge in [-0.25, -0.2) is 4.39 Å². The van der Waals surface area contributed by atoms with Gasteiger partial charge in [0.2, 0.25) is 0 Å². The van der Waals surface area contributed by atoms with Crippen LogP contribution in [0.5, 0.6) is 5.75 Å². The number of nitrogens with zero attached hydrogens (tertiary/aromatic N) is 2. The maximum absolute atomic E-state index is 13.4. The molecule has 2 atom stereocenters.